The first kappa shape index (κ1) is 13.7. The second-order valence-electron chi connectivity index (χ2n) is 4.14. The molecule has 1 rings (SSSR count). The number of rotatable bonds is 8. The lowest BCUT2D eigenvalue weighted by molar-refractivity contribution is -0.144. The molecule has 0 spiro atoms. The van der Waals surface area contributed by atoms with Crippen LogP contribution in [0.3, 0.4) is 0 Å². The van der Waals surface area contributed by atoms with Gasteiger partial charge in [0.05, 0.1) is 6.26 Å². The van der Waals surface area contributed by atoms with E-state index in [1.807, 2.05) is 12.1 Å². The molecular formula is C12H19NO4. The first-order valence-corrected chi connectivity index (χ1v) is 5.58. The van der Waals surface area contributed by atoms with Crippen molar-refractivity contribution in [3.63, 3.8) is 0 Å². The number of furan rings is 1. The fourth-order valence-corrected chi connectivity index (χ4v) is 1.49. The average Bonchev–Trinajstić information content (AvgIpc) is 2.79. The van der Waals surface area contributed by atoms with E-state index in [2.05, 4.69) is 5.32 Å². The minimum Gasteiger partial charge on any atom is -0.480 e. The molecule has 0 bridgehead atoms. The molecule has 1 aromatic rings. The van der Waals surface area contributed by atoms with Gasteiger partial charge in [-0.15, -0.1) is 0 Å². The fourth-order valence-electron chi connectivity index (χ4n) is 1.49. The van der Waals surface area contributed by atoms with Gasteiger partial charge in [0.25, 0.3) is 0 Å². The van der Waals surface area contributed by atoms with E-state index in [9.17, 15) is 9.90 Å². The predicted molar refractivity (Wildman–Crippen MR) is 62.9 cm³/mol. The zero-order valence-electron chi connectivity index (χ0n) is 10.2. The van der Waals surface area contributed by atoms with Gasteiger partial charge in [-0.1, -0.05) is 0 Å². The van der Waals surface area contributed by atoms with Gasteiger partial charge in [0.2, 0.25) is 0 Å². The summed E-state index contributed by atoms with van der Waals surface area (Å²) in [4.78, 5) is 11.2. The van der Waals surface area contributed by atoms with Gasteiger partial charge in [-0.3, -0.25) is 4.79 Å². The van der Waals surface area contributed by atoms with Crippen LogP contribution in [0.15, 0.2) is 22.8 Å². The van der Waals surface area contributed by atoms with Crippen LogP contribution in [0.5, 0.6) is 0 Å². The van der Waals surface area contributed by atoms with Crippen LogP contribution in [0.4, 0.5) is 0 Å². The summed E-state index contributed by atoms with van der Waals surface area (Å²) in [5.74, 6) is -0.0222. The van der Waals surface area contributed by atoms with Crippen molar-refractivity contribution in [2.75, 3.05) is 20.3 Å². The van der Waals surface area contributed by atoms with Crippen molar-refractivity contribution in [1.29, 1.82) is 0 Å². The number of carboxylic acid groups (broad SMARTS) is 1. The Kier molecular flexibility index (Phi) is 5.18. The second kappa shape index (κ2) is 6.42. The van der Waals surface area contributed by atoms with E-state index in [0.29, 0.717) is 26.0 Å². The van der Waals surface area contributed by atoms with E-state index in [-0.39, 0.29) is 0 Å². The SMILES string of the molecule is COCCC(C)(NCCc1ccco1)C(=O)O. The molecule has 0 aliphatic rings. The molecule has 5 heteroatoms. The summed E-state index contributed by atoms with van der Waals surface area (Å²) in [7, 11) is 1.56. The molecule has 0 fully saturated rings. The number of nitrogens with one attached hydrogen (secondary N) is 1. The Morgan fingerprint density at radius 3 is 2.94 bits per heavy atom. The minimum atomic E-state index is -0.956. The normalized spacial score (nSPS) is 14.5. The molecule has 5 nitrogen and oxygen atoms in total. The van der Waals surface area contributed by atoms with Crippen molar-refractivity contribution in [1.82, 2.24) is 5.32 Å². The topological polar surface area (TPSA) is 71.7 Å². The zero-order chi connectivity index (χ0) is 12.7. The number of hydrogen-bond acceptors (Lipinski definition) is 4. The van der Waals surface area contributed by atoms with Crippen molar-refractivity contribution < 1.29 is 19.1 Å². The van der Waals surface area contributed by atoms with E-state index < -0.39 is 11.5 Å². The third-order valence-corrected chi connectivity index (χ3v) is 2.74. The van der Waals surface area contributed by atoms with Crippen LogP contribution in [-0.2, 0) is 16.0 Å². The molecule has 1 unspecified atom stereocenters. The monoisotopic (exact) mass is 241 g/mol. The minimum absolute atomic E-state index is 0.413. The van der Waals surface area contributed by atoms with Gasteiger partial charge in [-0.25, -0.2) is 0 Å². The highest BCUT2D eigenvalue weighted by Gasteiger charge is 2.31. The van der Waals surface area contributed by atoms with Crippen molar-refractivity contribution in [3.8, 4) is 0 Å². The van der Waals surface area contributed by atoms with Crippen LogP contribution in [0.1, 0.15) is 19.1 Å². The van der Waals surface area contributed by atoms with Crippen molar-refractivity contribution >= 4 is 5.97 Å². The molecule has 0 radical (unpaired) electrons. The summed E-state index contributed by atoms with van der Waals surface area (Å²) in [5.41, 5.74) is -0.956. The summed E-state index contributed by atoms with van der Waals surface area (Å²) >= 11 is 0. The lowest BCUT2D eigenvalue weighted by atomic mass is 9.98. The Morgan fingerprint density at radius 1 is 1.65 bits per heavy atom. The maximum Gasteiger partial charge on any atom is 0.323 e. The van der Waals surface area contributed by atoms with Crippen LogP contribution < -0.4 is 5.32 Å². The van der Waals surface area contributed by atoms with Crippen LogP contribution in [0.2, 0.25) is 0 Å². The molecule has 1 heterocycles. The summed E-state index contributed by atoms with van der Waals surface area (Å²) in [6.07, 6.45) is 2.70. The van der Waals surface area contributed by atoms with Gasteiger partial charge in [-0.2, -0.15) is 0 Å². The number of methoxy groups -OCH3 is 1. The van der Waals surface area contributed by atoms with Gasteiger partial charge >= 0.3 is 5.97 Å². The fraction of sp³-hybridized carbons (Fsp3) is 0.583. The Bertz CT molecular complexity index is 336. The predicted octanol–water partition coefficient (Wildman–Crippen LogP) is 1.29. The molecule has 2 N–H and O–H groups in total. The smallest absolute Gasteiger partial charge is 0.323 e. The van der Waals surface area contributed by atoms with E-state index in [4.69, 9.17) is 9.15 Å². The van der Waals surface area contributed by atoms with Gasteiger partial charge < -0.3 is 19.6 Å². The van der Waals surface area contributed by atoms with Crippen LogP contribution >= 0.6 is 0 Å². The molecule has 1 aromatic heterocycles. The van der Waals surface area contributed by atoms with E-state index >= 15 is 0 Å². The Balaban J connectivity index is 2.41. The highest BCUT2D eigenvalue weighted by molar-refractivity contribution is 5.78. The van der Waals surface area contributed by atoms with Crippen molar-refractivity contribution in [2.24, 2.45) is 0 Å². The van der Waals surface area contributed by atoms with E-state index in [1.165, 1.54) is 0 Å². The van der Waals surface area contributed by atoms with Crippen molar-refractivity contribution in [2.45, 2.75) is 25.3 Å². The van der Waals surface area contributed by atoms with Crippen molar-refractivity contribution in [3.05, 3.63) is 24.2 Å². The highest BCUT2D eigenvalue weighted by Crippen LogP contribution is 2.10. The summed E-state index contributed by atoms with van der Waals surface area (Å²) < 4.78 is 10.1. The number of hydrogen-bond donors (Lipinski definition) is 2. The first-order chi connectivity index (χ1) is 8.08. The lowest BCUT2D eigenvalue weighted by Gasteiger charge is -2.25. The molecule has 0 amide bonds. The Morgan fingerprint density at radius 2 is 2.41 bits per heavy atom. The van der Waals surface area contributed by atoms with E-state index in [1.54, 1.807) is 20.3 Å². The lowest BCUT2D eigenvalue weighted by Crippen LogP contribution is -2.50. The molecule has 17 heavy (non-hydrogen) atoms. The average molecular weight is 241 g/mol. The first-order valence-electron chi connectivity index (χ1n) is 5.58. The maximum atomic E-state index is 11.2. The Labute approximate surface area is 101 Å². The third kappa shape index (κ3) is 4.20. The number of ether oxygens (including phenoxy) is 1. The van der Waals surface area contributed by atoms with Gasteiger partial charge in [0.1, 0.15) is 11.3 Å². The van der Waals surface area contributed by atoms with Gasteiger partial charge in [0, 0.05) is 26.7 Å². The molecule has 96 valence electrons. The number of aliphatic carboxylic acids is 1. The summed E-state index contributed by atoms with van der Waals surface area (Å²) in [6.45, 7) is 2.63. The highest BCUT2D eigenvalue weighted by atomic mass is 16.5. The van der Waals surface area contributed by atoms with E-state index in [0.717, 1.165) is 5.76 Å². The quantitative estimate of drug-likeness (QED) is 0.717. The molecule has 0 aromatic carbocycles. The molecule has 0 saturated heterocycles. The van der Waals surface area contributed by atoms with Crippen LogP contribution in [0.25, 0.3) is 0 Å². The van der Waals surface area contributed by atoms with Gasteiger partial charge in [-0.05, 0) is 25.5 Å². The summed E-state index contributed by atoms with van der Waals surface area (Å²) in [6, 6.07) is 3.69. The molecule has 0 aliphatic carbocycles. The molecule has 0 aliphatic heterocycles. The number of carbonyl (C=O) groups is 1. The van der Waals surface area contributed by atoms with Crippen LogP contribution in [-0.4, -0.2) is 36.9 Å². The standard InChI is InChI=1S/C12H19NO4/c1-12(11(14)15,6-9-16-2)13-7-5-10-4-3-8-17-10/h3-4,8,13H,5-7,9H2,1-2H3,(H,14,15). The summed E-state index contributed by atoms with van der Waals surface area (Å²) in [5, 5.41) is 12.2. The second-order valence-corrected chi connectivity index (χ2v) is 4.14. The molecule has 1 atom stereocenters. The zero-order valence-corrected chi connectivity index (χ0v) is 10.2. The van der Waals surface area contributed by atoms with Gasteiger partial charge in [0.15, 0.2) is 0 Å². The molecular weight excluding hydrogens is 222 g/mol. The third-order valence-electron chi connectivity index (χ3n) is 2.74. The van der Waals surface area contributed by atoms with Crippen LogP contribution in [0, 0.1) is 0 Å². The number of carboxylic acids is 1. The maximum absolute atomic E-state index is 11.2. The largest absolute Gasteiger partial charge is 0.480 e. The Hall–Kier alpha value is -1.33. The molecule has 0 saturated carbocycles.